The molecule has 114 valence electrons. The maximum absolute atomic E-state index is 8.55. The van der Waals surface area contributed by atoms with E-state index in [9.17, 15) is 0 Å². The smallest absolute Gasteiger partial charge is 0.124 e. The lowest BCUT2D eigenvalue weighted by molar-refractivity contribution is -0.278. The van der Waals surface area contributed by atoms with Crippen molar-refractivity contribution >= 4 is 0 Å². The van der Waals surface area contributed by atoms with Gasteiger partial charge in [-0.05, 0) is 31.4 Å². The van der Waals surface area contributed by atoms with Crippen molar-refractivity contribution in [1.82, 2.24) is 0 Å². The van der Waals surface area contributed by atoms with Crippen molar-refractivity contribution < 1.29 is 14.9 Å². The van der Waals surface area contributed by atoms with Crippen molar-refractivity contribution in [3.8, 4) is 5.75 Å². The molecule has 0 spiro atoms. The van der Waals surface area contributed by atoms with Crippen molar-refractivity contribution in [3.63, 3.8) is 0 Å². The van der Waals surface area contributed by atoms with Gasteiger partial charge in [-0.2, -0.15) is 0 Å². The average Bonchev–Trinajstić information content (AvgIpc) is 2.49. The van der Waals surface area contributed by atoms with Crippen LogP contribution in [0, 0.1) is 0 Å². The summed E-state index contributed by atoms with van der Waals surface area (Å²) in [5.41, 5.74) is 1.24. The van der Waals surface area contributed by atoms with Gasteiger partial charge in [0.1, 0.15) is 18.5 Å². The van der Waals surface area contributed by atoms with Crippen LogP contribution in [-0.2, 0) is 11.3 Å². The first-order valence-corrected chi connectivity index (χ1v) is 7.78. The molecular weight excluding hydrogens is 252 g/mol. The highest BCUT2D eigenvalue weighted by atomic mass is 17.1. The van der Waals surface area contributed by atoms with Crippen molar-refractivity contribution in [2.75, 3.05) is 6.61 Å². The van der Waals surface area contributed by atoms with Crippen LogP contribution in [0.5, 0.6) is 5.75 Å². The number of aryl methyl sites for hydroxylation is 1. The molecular formula is C17H28O3. The predicted octanol–water partition coefficient (Wildman–Crippen LogP) is 4.85. The Morgan fingerprint density at radius 1 is 1.05 bits per heavy atom. The molecule has 0 amide bonds. The SMILES string of the molecule is CCCCCCCCc1ccccc1OCC(C)OO. The lowest BCUT2D eigenvalue weighted by Crippen LogP contribution is -2.16. The third kappa shape index (κ3) is 6.92. The van der Waals surface area contributed by atoms with Crippen molar-refractivity contribution in [3.05, 3.63) is 29.8 Å². The molecule has 0 bridgehead atoms. The van der Waals surface area contributed by atoms with E-state index in [1.54, 1.807) is 6.92 Å². The van der Waals surface area contributed by atoms with E-state index < -0.39 is 0 Å². The molecule has 0 saturated carbocycles. The van der Waals surface area contributed by atoms with Crippen LogP contribution in [0.2, 0.25) is 0 Å². The maximum atomic E-state index is 8.55. The van der Waals surface area contributed by atoms with Gasteiger partial charge < -0.3 is 4.74 Å². The molecule has 1 aromatic rings. The van der Waals surface area contributed by atoms with Crippen LogP contribution in [0.1, 0.15) is 57.9 Å². The van der Waals surface area contributed by atoms with Crippen LogP contribution in [0.3, 0.4) is 0 Å². The number of rotatable bonds is 11. The summed E-state index contributed by atoms with van der Waals surface area (Å²) >= 11 is 0. The molecule has 0 saturated heterocycles. The second kappa shape index (κ2) is 10.7. The first kappa shape index (κ1) is 17.0. The summed E-state index contributed by atoms with van der Waals surface area (Å²) in [6, 6.07) is 8.12. The van der Waals surface area contributed by atoms with E-state index in [1.807, 2.05) is 18.2 Å². The first-order chi connectivity index (χ1) is 9.77. The highest BCUT2D eigenvalue weighted by molar-refractivity contribution is 5.33. The van der Waals surface area contributed by atoms with Crippen molar-refractivity contribution in [2.24, 2.45) is 0 Å². The molecule has 1 N–H and O–H groups in total. The molecule has 0 radical (unpaired) electrons. The minimum absolute atomic E-state index is 0.308. The quantitative estimate of drug-likeness (QED) is 0.358. The molecule has 0 aliphatic carbocycles. The van der Waals surface area contributed by atoms with Gasteiger partial charge in [-0.25, -0.2) is 4.89 Å². The van der Waals surface area contributed by atoms with E-state index in [0.29, 0.717) is 6.61 Å². The summed E-state index contributed by atoms with van der Waals surface area (Å²) in [5.74, 6) is 0.907. The van der Waals surface area contributed by atoms with E-state index in [2.05, 4.69) is 17.9 Å². The zero-order valence-electron chi connectivity index (χ0n) is 12.8. The molecule has 0 heterocycles. The van der Waals surface area contributed by atoms with Gasteiger partial charge in [-0.1, -0.05) is 57.2 Å². The summed E-state index contributed by atoms with van der Waals surface area (Å²) in [7, 11) is 0. The van der Waals surface area contributed by atoms with E-state index >= 15 is 0 Å². The number of para-hydroxylation sites is 1. The van der Waals surface area contributed by atoms with Crippen LogP contribution in [0.15, 0.2) is 24.3 Å². The van der Waals surface area contributed by atoms with Gasteiger partial charge in [0.05, 0.1) is 0 Å². The molecule has 1 aromatic carbocycles. The lowest BCUT2D eigenvalue weighted by Gasteiger charge is -2.13. The first-order valence-electron chi connectivity index (χ1n) is 7.78. The van der Waals surface area contributed by atoms with E-state index in [4.69, 9.17) is 9.99 Å². The lowest BCUT2D eigenvalue weighted by atomic mass is 10.0. The van der Waals surface area contributed by atoms with Gasteiger partial charge in [0.25, 0.3) is 0 Å². The normalized spacial score (nSPS) is 12.3. The Labute approximate surface area is 122 Å². The van der Waals surface area contributed by atoms with Crippen LogP contribution >= 0.6 is 0 Å². The summed E-state index contributed by atoms with van der Waals surface area (Å²) in [6.45, 7) is 4.38. The Morgan fingerprint density at radius 3 is 2.50 bits per heavy atom. The Balaban J connectivity index is 2.33. The average molecular weight is 280 g/mol. The Bertz CT molecular complexity index is 352. The van der Waals surface area contributed by atoms with Gasteiger partial charge in [0, 0.05) is 0 Å². The zero-order valence-corrected chi connectivity index (χ0v) is 12.8. The number of benzene rings is 1. The summed E-state index contributed by atoms with van der Waals surface area (Å²) < 4.78 is 5.70. The predicted molar refractivity (Wildman–Crippen MR) is 82.2 cm³/mol. The van der Waals surface area contributed by atoms with Gasteiger partial charge in [0.15, 0.2) is 0 Å². The highest BCUT2D eigenvalue weighted by Crippen LogP contribution is 2.21. The summed E-state index contributed by atoms with van der Waals surface area (Å²) in [4.78, 5) is 4.22. The van der Waals surface area contributed by atoms with E-state index in [-0.39, 0.29) is 6.10 Å². The van der Waals surface area contributed by atoms with E-state index in [0.717, 1.165) is 12.2 Å². The molecule has 0 aliphatic heterocycles. The standard InChI is InChI=1S/C17H28O3/c1-3-4-5-6-7-8-11-16-12-9-10-13-17(16)19-14-15(2)20-18/h9-10,12-13,15,18H,3-8,11,14H2,1-2H3. The monoisotopic (exact) mass is 280 g/mol. The molecule has 0 fully saturated rings. The van der Waals surface area contributed by atoms with Gasteiger partial charge in [-0.15, -0.1) is 0 Å². The van der Waals surface area contributed by atoms with Crippen molar-refractivity contribution in [1.29, 1.82) is 0 Å². The molecule has 3 heteroatoms. The van der Waals surface area contributed by atoms with Gasteiger partial charge in [-0.3, -0.25) is 5.26 Å². The maximum Gasteiger partial charge on any atom is 0.124 e. The number of ether oxygens (including phenoxy) is 1. The van der Waals surface area contributed by atoms with Crippen LogP contribution in [0.4, 0.5) is 0 Å². The molecule has 1 rings (SSSR count). The third-order valence-corrected chi connectivity index (χ3v) is 3.43. The number of unbranched alkanes of at least 4 members (excludes halogenated alkanes) is 5. The van der Waals surface area contributed by atoms with Gasteiger partial charge in [0.2, 0.25) is 0 Å². The summed E-state index contributed by atoms with van der Waals surface area (Å²) in [5, 5.41) is 8.55. The number of hydrogen-bond acceptors (Lipinski definition) is 3. The molecule has 0 aromatic heterocycles. The fourth-order valence-corrected chi connectivity index (χ4v) is 2.18. The molecule has 20 heavy (non-hydrogen) atoms. The zero-order chi connectivity index (χ0) is 14.6. The fraction of sp³-hybridized carbons (Fsp3) is 0.647. The second-order valence-corrected chi connectivity index (χ2v) is 5.35. The van der Waals surface area contributed by atoms with E-state index in [1.165, 1.54) is 44.1 Å². The second-order valence-electron chi connectivity index (χ2n) is 5.35. The van der Waals surface area contributed by atoms with Crippen LogP contribution in [0.25, 0.3) is 0 Å². The fourth-order valence-electron chi connectivity index (χ4n) is 2.18. The molecule has 3 nitrogen and oxygen atoms in total. The number of hydrogen-bond donors (Lipinski definition) is 1. The van der Waals surface area contributed by atoms with Crippen LogP contribution in [-0.4, -0.2) is 18.0 Å². The van der Waals surface area contributed by atoms with Crippen LogP contribution < -0.4 is 4.74 Å². The molecule has 1 unspecified atom stereocenters. The Kier molecular flexibility index (Phi) is 9.09. The molecule has 1 atom stereocenters. The Hall–Kier alpha value is -1.06. The summed E-state index contributed by atoms with van der Waals surface area (Å²) in [6.07, 6.45) is 8.54. The van der Waals surface area contributed by atoms with Gasteiger partial charge >= 0.3 is 0 Å². The minimum atomic E-state index is -0.308. The minimum Gasteiger partial charge on any atom is -0.490 e. The largest absolute Gasteiger partial charge is 0.490 e. The highest BCUT2D eigenvalue weighted by Gasteiger charge is 2.06. The molecule has 0 aliphatic rings. The Morgan fingerprint density at radius 2 is 1.75 bits per heavy atom. The third-order valence-electron chi connectivity index (χ3n) is 3.43. The van der Waals surface area contributed by atoms with Crippen molar-refractivity contribution in [2.45, 2.75) is 64.9 Å². The topological polar surface area (TPSA) is 38.7 Å².